The van der Waals surface area contributed by atoms with Crippen molar-refractivity contribution in [2.45, 2.75) is 52.7 Å². The van der Waals surface area contributed by atoms with Crippen LogP contribution in [0.4, 0.5) is 0 Å². The molecular formula is C21H41IN6O. The molecule has 3 unspecified atom stereocenters. The average molecular weight is 521 g/mol. The highest BCUT2D eigenvalue weighted by atomic mass is 127. The van der Waals surface area contributed by atoms with Crippen LogP contribution in [0.2, 0.25) is 0 Å². The highest BCUT2D eigenvalue weighted by Gasteiger charge is 2.35. The number of aliphatic imine (C=N–C) groups is 1. The molecule has 2 N–H and O–H groups in total. The number of nitrogens with zero attached hydrogens (tertiary/aromatic N) is 4. The fraction of sp³-hybridized carbons (Fsp3) is 0.810. The fourth-order valence-corrected chi connectivity index (χ4v) is 3.94. The van der Waals surface area contributed by atoms with E-state index in [1.54, 1.807) is 0 Å². The quantitative estimate of drug-likeness (QED) is 0.329. The Hall–Kier alpha value is -0.870. The molecule has 3 atom stereocenters. The Morgan fingerprint density at radius 3 is 2.66 bits per heavy atom. The summed E-state index contributed by atoms with van der Waals surface area (Å²) in [5.74, 6) is 1.37. The normalized spacial score (nSPS) is 21.6. The van der Waals surface area contributed by atoms with Crippen LogP contribution in [0.3, 0.4) is 0 Å². The van der Waals surface area contributed by atoms with E-state index in [-0.39, 0.29) is 41.5 Å². The SMILES string of the molecule is CCNC(=NCC(c1cnn(C)c1)N(C)C)NCC1CCCOC1C(C)(C)C.I. The first-order valence-corrected chi connectivity index (χ1v) is 10.5. The minimum absolute atomic E-state index is 0. The molecule has 0 radical (unpaired) electrons. The second kappa shape index (κ2) is 12.1. The number of hydrogen-bond acceptors (Lipinski definition) is 4. The second-order valence-electron chi connectivity index (χ2n) is 9.09. The number of ether oxygens (including phenoxy) is 1. The first kappa shape index (κ1) is 26.2. The summed E-state index contributed by atoms with van der Waals surface area (Å²) in [6.07, 6.45) is 6.60. The van der Waals surface area contributed by atoms with Crippen LogP contribution in [0.5, 0.6) is 0 Å². The number of aromatic nitrogens is 2. The van der Waals surface area contributed by atoms with E-state index in [1.165, 1.54) is 12.0 Å². The molecule has 1 saturated heterocycles. The zero-order valence-electron chi connectivity index (χ0n) is 19.2. The Bertz CT molecular complexity index is 625. The molecular weight excluding hydrogens is 479 g/mol. The maximum Gasteiger partial charge on any atom is 0.191 e. The minimum atomic E-state index is 0. The van der Waals surface area contributed by atoms with Crippen molar-refractivity contribution in [1.82, 2.24) is 25.3 Å². The van der Waals surface area contributed by atoms with E-state index in [0.717, 1.165) is 32.1 Å². The number of nitrogens with one attached hydrogen (secondary N) is 2. The summed E-state index contributed by atoms with van der Waals surface area (Å²) in [5.41, 5.74) is 1.33. The summed E-state index contributed by atoms with van der Waals surface area (Å²) in [6, 6.07) is 0.199. The van der Waals surface area contributed by atoms with Crippen molar-refractivity contribution in [3.05, 3.63) is 18.0 Å². The number of hydrogen-bond donors (Lipinski definition) is 2. The van der Waals surface area contributed by atoms with Gasteiger partial charge in [-0.05, 0) is 39.3 Å². The van der Waals surface area contributed by atoms with E-state index in [4.69, 9.17) is 9.73 Å². The number of guanidine groups is 1. The van der Waals surface area contributed by atoms with Crippen LogP contribution in [0.25, 0.3) is 0 Å². The van der Waals surface area contributed by atoms with Gasteiger partial charge in [0.25, 0.3) is 0 Å². The van der Waals surface area contributed by atoms with Crippen molar-refractivity contribution in [2.75, 3.05) is 40.3 Å². The molecule has 0 aromatic carbocycles. The molecule has 0 saturated carbocycles. The standard InChI is InChI=1S/C21H40N6O.HI/c1-8-22-20(23-12-16-10-9-11-28-19(16)21(2,3)4)24-14-18(26(5)6)17-13-25-27(7)15-17;/h13,15-16,18-19H,8-12,14H2,1-7H3,(H2,22,23,24);1H. The lowest BCUT2D eigenvalue weighted by atomic mass is 9.78. The number of rotatable bonds is 7. The van der Waals surface area contributed by atoms with Gasteiger partial charge >= 0.3 is 0 Å². The van der Waals surface area contributed by atoms with Gasteiger partial charge in [-0.1, -0.05) is 20.8 Å². The van der Waals surface area contributed by atoms with Crippen LogP contribution in [-0.2, 0) is 11.8 Å². The molecule has 8 heteroatoms. The number of halogens is 1. The van der Waals surface area contributed by atoms with Crippen molar-refractivity contribution < 1.29 is 4.74 Å². The Labute approximate surface area is 194 Å². The Kier molecular flexibility index (Phi) is 10.9. The highest BCUT2D eigenvalue weighted by molar-refractivity contribution is 14.0. The molecule has 0 aliphatic carbocycles. The summed E-state index contributed by atoms with van der Waals surface area (Å²) < 4.78 is 7.96. The minimum Gasteiger partial charge on any atom is -0.377 e. The van der Waals surface area contributed by atoms with Crippen LogP contribution >= 0.6 is 24.0 Å². The molecule has 2 rings (SSSR count). The van der Waals surface area contributed by atoms with Gasteiger partial charge in [0.05, 0.1) is 24.9 Å². The Morgan fingerprint density at radius 1 is 1.38 bits per heavy atom. The zero-order valence-corrected chi connectivity index (χ0v) is 21.6. The zero-order chi connectivity index (χ0) is 20.7. The monoisotopic (exact) mass is 520 g/mol. The summed E-state index contributed by atoms with van der Waals surface area (Å²) in [6.45, 7) is 12.2. The van der Waals surface area contributed by atoms with E-state index < -0.39 is 0 Å². The van der Waals surface area contributed by atoms with Crippen molar-refractivity contribution in [3.63, 3.8) is 0 Å². The van der Waals surface area contributed by atoms with Gasteiger partial charge in [0.1, 0.15) is 0 Å². The molecule has 7 nitrogen and oxygen atoms in total. The molecule has 1 fully saturated rings. The van der Waals surface area contributed by atoms with E-state index in [1.807, 2.05) is 17.9 Å². The predicted octanol–water partition coefficient (Wildman–Crippen LogP) is 3.04. The molecule has 168 valence electrons. The number of aryl methyl sites for hydroxylation is 1. The summed E-state index contributed by atoms with van der Waals surface area (Å²) >= 11 is 0. The van der Waals surface area contributed by atoms with Crippen molar-refractivity contribution in [2.24, 2.45) is 23.4 Å². The lowest BCUT2D eigenvalue weighted by Crippen LogP contribution is -2.47. The second-order valence-corrected chi connectivity index (χ2v) is 9.09. The van der Waals surface area contributed by atoms with Crippen LogP contribution < -0.4 is 10.6 Å². The summed E-state index contributed by atoms with van der Waals surface area (Å²) in [4.78, 5) is 7.06. The van der Waals surface area contributed by atoms with Gasteiger partial charge in [-0.25, -0.2) is 0 Å². The summed E-state index contributed by atoms with van der Waals surface area (Å²) in [5, 5.41) is 11.3. The third-order valence-electron chi connectivity index (χ3n) is 5.33. The molecule has 0 bridgehead atoms. The van der Waals surface area contributed by atoms with E-state index in [2.05, 4.69) is 68.6 Å². The summed E-state index contributed by atoms with van der Waals surface area (Å²) in [7, 11) is 6.12. The van der Waals surface area contributed by atoms with Crippen molar-refractivity contribution >= 4 is 29.9 Å². The topological polar surface area (TPSA) is 66.7 Å². The van der Waals surface area contributed by atoms with Gasteiger partial charge < -0.3 is 20.3 Å². The predicted molar refractivity (Wildman–Crippen MR) is 131 cm³/mol. The molecule has 1 aromatic heterocycles. The Morgan fingerprint density at radius 2 is 2.10 bits per heavy atom. The van der Waals surface area contributed by atoms with E-state index in [9.17, 15) is 0 Å². The molecule has 1 aliphatic heterocycles. The average Bonchev–Trinajstić information content (AvgIpc) is 3.05. The Balaban J connectivity index is 0.00000420. The molecule has 0 amide bonds. The van der Waals surface area contributed by atoms with Crippen molar-refractivity contribution in [1.29, 1.82) is 0 Å². The number of likely N-dealkylation sites (N-methyl/N-ethyl adjacent to an activating group) is 1. The van der Waals surface area contributed by atoms with Crippen molar-refractivity contribution in [3.8, 4) is 0 Å². The van der Waals surface area contributed by atoms with Crippen LogP contribution in [0, 0.1) is 11.3 Å². The largest absolute Gasteiger partial charge is 0.377 e. The van der Waals surface area contributed by atoms with Crippen LogP contribution in [0.15, 0.2) is 17.4 Å². The first-order chi connectivity index (χ1) is 13.2. The van der Waals surface area contributed by atoms with Gasteiger partial charge in [-0.3, -0.25) is 9.67 Å². The van der Waals surface area contributed by atoms with Gasteiger partial charge in [-0.15, -0.1) is 24.0 Å². The van der Waals surface area contributed by atoms with Gasteiger partial charge in [-0.2, -0.15) is 5.10 Å². The highest BCUT2D eigenvalue weighted by Crippen LogP contribution is 2.33. The molecule has 1 aromatic rings. The van der Waals surface area contributed by atoms with E-state index >= 15 is 0 Å². The maximum atomic E-state index is 6.12. The molecule has 0 spiro atoms. The van der Waals surface area contributed by atoms with E-state index in [0.29, 0.717) is 12.5 Å². The fourth-order valence-electron chi connectivity index (χ4n) is 3.94. The molecule has 2 heterocycles. The third kappa shape index (κ3) is 8.05. The van der Waals surface area contributed by atoms with Crippen LogP contribution in [-0.4, -0.2) is 67.1 Å². The van der Waals surface area contributed by atoms with Gasteiger partial charge in [0, 0.05) is 44.4 Å². The molecule has 29 heavy (non-hydrogen) atoms. The lowest BCUT2D eigenvalue weighted by molar-refractivity contribution is -0.0835. The first-order valence-electron chi connectivity index (χ1n) is 10.5. The maximum absolute atomic E-state index is 6.12. The van der Waals surface area contributed by atoms with Gasteiger partial charge in [0.15, 0.2) is 5.96 Å². The van der Waals surface area contributed by atoms with Gasteiger partial charge in [0.2, 0.25) is 0 Å². The third-order valence-corrected chi connectivity index (χ3v) is 5.33. The smallest absolute Gasteiger partial charge is 0.191 e. The van der Waals surface area contributed by atoms with Crippen LogP contribution in [0.1, 0.15) is 52.1 Å². The lowest BCUT2D eigenvalue weighted by Gasteiger charge is -2.40. The molecule has 1 aliphatic rings.